The third kappa shape index (κ3) is 5.02. The minimum Gasteiger partial charge on any atom is -0.398 e. The van der Waals surface area contributed by atoms with Crippen molar-refractivity contribution in [3.05, 3.63) is 35.9 Å². The summed E-state index contributed by atoms with van der Waals surface area (Å²) in [7, 11) is -3.53. The molecule has 0 saturated heterocycles. The first-order valence-electron chi connectivity index (χ1n) is 5.91. The molecule has 0 amide bonds. The predicted molar refractivity (Wildman–Crippen MR) is 76.4 cm³/mol. The molecule has 106 valence electrons. The van der Waals surface area contributed by atoms with E-state index in [2.05, 4.69) is 11.3 Å². The van der Waals surface area contributed by atoms with E-state index in [9.17, 15) is 8.42 Å². The van der Waals surface area contributed by atoms with Gasteiger partial charge in [0.25, 0.3) is 0 Å². The summed E-state index contributed by atoms with van der Waals surface area (Å²) in [6, 6.07) is 4.66. The van der Waals surface area contributed by atoms with Crippen LogP contribution in [0.4, 0.5) is 5.69 Å². The van der Waals surface area contributed by atoms with Gasteiger partial charge in [-0.2, -0.15) is 0 Å². The summed E-state index contributed by atoms with van der Waals surface area (Å²) in [5.41, 5.74) is 7.91. The van der Waals surface area contributed by atoms with Gasteiger partial charge in [-0.3, -0.25) is 0 Å². The molecule has 19 heavy (non-hydrogen) atoms. The number of hydrogen-bond acceptors (Lipinski definition) is 4. The largest absolute Gasteiger partial charge is 0.398 e. The molecule has 0 fully saturated rings. The number of aryl methyl sites for hydroxylation is 1. The van der Waals surface area contributed by atoms with Gasteiger partial charge in [0, 0.05) is 12.2 Å². The zero-order valence-corrected chi connectivity index (χ0v) is 12.1. The van der Waals surface area contributed by atoms with E-state index in [1.807, 2.05) is 13.8 Å². The highest BCUT2D eigenvalue weighted by Gasteiger charge is 2.13. The van der Waals surface area contributed by atoms with Crippen LogP contribution in [0.15, 0.2) is 35.2 Å². The van der Waals surface area contributed by atoms with Crippen LogP contribution in [-0.2, 0) is 14.8 Å². The van der Waals surface area contributed by atoms with E-state index in [1.54, 1.807) is 6.07 Å². The minimum atomic E-state index is -3.53. The second-order valence-corrected chi connectivity index (χ2v) is 6.19. The molecule has 0 aromatic heterocycles. The number of nitrogens with one attached hydrogen (secondary N) is 1. The van der Waals surface area contributed by atoms with Gasteiger partial charge in [-0.15, -0.1) is 0 Å². The molecule has 0 bridgehead atoms. The van der Waals surface area contributed by atoms with Gasteiger partial charge in [0.1, 0.15) is 0 Å². The van der Waals surface area contributed by atoms with Crippen molar-refractivity contribution in [1.82, 2.24) is 4.72 Å². The number of hydrogen-bond donors (Lipinski definition) is 2. The van der Waals surface area contributed by atoms with Gasteiger partial charge in [0.2, 0.25) is 10.0 Å². The molecule has 0 aliphatic rings. The van der Waals surface area contributed by atoms with E-state index in [4.69, 9.17) is 10.5 Å². The number of rotatable bonds is 7. The lowest BCUT2D eigenvalue weighted by Crippen LogP contribution is -2.27. The lowest BCUT2D eigenvalue weighted by molar-refractivity contribution is 0.162. The van der Waals surface area contributed by atoms with Crippen molar-refractivity contribution < 1.29 is 13.2 Å². The molecule has 0 saturated carbocycles. The Kier molecular flexibility index (Phi) is 5.53. The van der Waals surface area contributed by atoms with Crippen molar-refractivity contribution in [2.45, 2.75) is 18.7 Å². The fourth-order valence-electron chi connectivity index (χ4n) is 1.36. The van der Waals surface area contributed by atoms with Crippen LogP contribution in [0.1, 0.15) is 12.5 Å². The molecule has 5 nitrogen and oxygen atoms in total. The topological polar surface area (TPSA) is 81.4 Å². The molecule has 1 aromatic carbocycles. The van der Waals surface area contributed by atoms with Crippen LogP contribution < -0.4 is 10.5 Å². The van der Waals surface area contributed by atoms with Gasteiger partial charge >= 0.3 is 0 Å². The van der Waals surface area contributed by atoms with Gasteiger partial charge < -0.3 is 10.5 Å². The lowest BCUT2D eigenvalue weighted by Gasteiger charge is -2.09. The number of sulfonamides is 1. The van der Waals surface area contributed by atoms with Crippen molar-refractivity contribution in [2.75, 3.05) is 25.5 Å². The summed E-state index contributed by atoms with van der Waals surface area (Å²) in [4.78, 5) is 0.163. The van der Waals surface area contributed by atoms with Crippen molar-refractivity contribution in [2.24, 2.45) is 0 Å². The molecular formula is C13H20N2O3S. The molecule has 6 heteroatoms. The SMILES string of the molecule is C=C(C)COCCNS(=O)(=O)c1ccc(C)c(N)c1. The Bertz CT molecular complexity index is 553. The second-order valence-electron chi connectivity index (χ2n) is 4.43. The second kappa shape index (κ2) is 6.70. The van der Waals surface area contributed by atoms with Crippen molar-refractivity contribution in [3.63, 3.8) is 0 Å². The fourth-order valence-corrected chi connectivity index (χ4v) is 2.41. The highest BCUT2D eigenvalue weighted by molar-refractivity contribution is 7.89. The van der Waals surface area contributed by atoms with Crippen LogP contribution in [0.3, 0.4) is 0 Å². The fraction of sp³-hybridized carbons (Fsp3) is 0.385. The molecule has 1 aromatic rings. The predicted octanol–water partition coefficient (Wildman–Crippen LogP) is 1.45. The molecule has 0 aliphatic heterocycles. The van der Waals surface area contributed by atoms with Gasteiger partial charge in [0.05, 0.1) is 18.1 Å². The summed E-state index contributed by atoms with van der Waals surface area (Å²) in [6.07, 6.45) is 0. The Morgan fingerprint density at radius 2 is 2.16 bits per heavy atom. The van der Waals surface area contributed by atoms with Crippen LogP contribution in [0.2, 0.25) is 0 Å². The van der Waals surface area contributed by atoms with E-state index < -0.39 is 10.0 Å². The smallest absolute Gasteiger partial charge is 0.240 e. The molecule has 0 radical (unpaired) electrons. The van der Waals surface area contributed by atoms with Gasteiger partial charge in [-0.1, -0.05) is 18.2 Å². The number of nitrogen functional groups attached to an aromatic ring is 1. The molecule has 1 rings (SSSR count). The third-order valence-corrected chi connectivity index (χ3v) is 3.91. The molecule has 0 aliphatic carbocycles. The maximum absolute atomic E-state index is 12.0. The van der Waals surface area contributed by atoms with Crippen molar-refractivity contribution in [3.8, 4) is 0 Å². The van der Waals surface area contributed by atoms with Crippen molar-refractivity contribution >= 4 is 15.7 Å². The maximum atomic E-state index is 12.0. The Balaban J connectivity index is 2.56. The highest BCUT2D eigenvalue weighted by Crippen LogP contribution is 2.16. The average Bonchev–Trinajstić information content (AvgIpc) is 2.31. The monoisotopic (exact) mass is 284 g/mol. The van der Waals surface area contributed by atoms with E-state index in [1.165, 1.54) is 12.1 Å². The van der Waals surface area contributed by atoms with E-state index >= 15 is 0 Å². The lowest BCUT2D eigenvalue weighted by atomic mass is 10.2. The Morgan fingerprint density at radius 1 is 1.47 bits per heavy atom. The van der Waals surface area contributed by atoms with E-state index in [-0.39, 0.29) is 11.4 Å². The van der Waals surface area contributed by atoms with Crippen LogP contribution in [0.25, 0.3) is 0 Å². The molecule has 0 unspecified atom stereocenters. The van der Waals surface area contributed by atoms with Gasteiger partial charge in [-0.25, -0.2) is 13.1 Å². The number of anilines is 1. The first-order chi connectivity index (χ1) is 8.83. The molecule has 0 heterocycles. The van der Waals surface area contributed by atoms with Crippen LogP contribution in [0, 0.1) is 6.92 Å². The number of nitrogens with two attached hydrogens (primary N) is 1. The quantitative estimate of drug-likeness (QED) is 0.451. The van der Waals surface area contributed by atoms with Crippen LogP contribution >= 0.6 is 0 Å². The van der Waals surface area contributed by atoms with Gasteiger partial charge in [0.15, 0.2) is 0 Å². The summed E-state index contributed by atoms with van der Waals surface area (Å²) in [5, 5.41) is 0. The first-order valence-corrected chi connectivity index (χ1v) is 7.39. The number of benzene rings is 1. The first kappa shape index (κ1) is 15.7. The highest BCUT2D eigenvalue weighted by atomic mass is 32.2. The molecular weight excluding hydrogens is 264 g/mol. The Labute approximate surface area is 114 Å². The van der Waals surface area contributed by atoms with Crippen LogP contribution in [-0.4, -0.2) is 28.2 Å². The van der Waals surface area contributed by atoms with Gasteiger partial charge in [-0.05, 0) is 31.5 Å². The number of ether oxygens (including phenoxy) is 1. The summed E-state index contributed by atoms with van der Waals surface area (Å²) >= 11 is 0. The Hall–Kier alpha value is -1.37. The van der Waals surface area contributed by atoms with E-state index in [0.29, 0.717) is 18.9 Å². The molecule has 3 N–H and O–H groups in total. The van der Waals surface area contributed by atoms with E-state index in [0.717, 1.165) is 11.1 Å². The summed E-state index contributed by atoms with van der Waals surface area (Å²) < 4.78 is 31.6. The summed E-state index contributed by atoms with van der Waals surface area (Å²) in [5.74, 6) is 0. The maximum Gasteiger partial charge on any atom is 0.240 e. The Morgan fingerprint density at radius 3 is 2.74 bits per heavy atom. The normalized spacial score (nSPS) is 11.5. The average molecular weight is 284 g/mol. The van der Waals surface area contributed by atoms with Crippen LogP contribution in [0.5, 0.6) is 0 Å². The summed E-state index contributed by atoms with van der Waals surface area (Å²) in [6.45, 7) is 8.30. The third-order valence-electron chi connectivity index (χ3n) is 2.45. The zero-order valence-electron chi connectivity index (χ0n) is 11.3. The molecule has 0 atom stereocenters. The minimum absolute atomic E-state index is 0.163. The standard InChI is InChI=1S/C13H20N2O3S/c1-10(2)9-18-7-6-15-19(16,17)12-5-4-11(3)13(14)8-12/h4-5,8,15H,1,6-7,9,14H2,2-3H3. The van der Waals surface area contributed by atoms with Crippen molar-refractivity contribution in [1.29, 1.82) is 0 Å². The zero-order chi connectivity index (χ0) is 14.5. The molecule has 0 spiro atoms.